The van der Waals surface area contributed by atoms with E-state index in [1.54, 1.807) is 6.07 Å². The molecule has 0 aromatic heterocycles. The van der Waals surface area contributed by atoms with Gasteiger partial charge in [-0.2, -0.15) is 0 Å². The van der Waals surface area contributed by atoms with Crippen LogP contribution < -0.4 is 0 Å². The van der Waals surface area contributed by atoms with Crippen molar-refractivity contribution in [2.45, 2.75) is 4.90 Å². The second-order valence-electron chi connectivity index (χ2n) is 2.65. The number of hydrogen-bond acceptors (Lipinski definition) is 2. The highest BCUT2D eigenvalue weighted by molar-refractivity contribution is 7.94. The molecule has 13 heavy (non-hydrogen) atoms. The standard InChI is InChI=1S/C8H4Cl2O2S/c9-6-3-5-1-2-13(11,12)8(5)4-7(6)10/h1-4H. The van der Waals surface area contributed by atoms with Crippen LogP contribution in [0.5, 0.6) is 0 Å². The van der Waals surface area contributed by atoms with Crippen molar-refractivity contribution in [2.75, 3.05) is 0 Å². The third-order valence-electron chi connectivity index (χ3n) is 1.79. The smallest absolute Gasteiger partial charge is 0.200 e. The van der Waals surface area contributed by atoms with E-state index >= 15 is 0 Å². The highest BCUT2D eigenvalue weighted by Crippen LogP contribution is 2.33. The van der Waals surface area contributed by atoms with Gasteiger partial charge < -0.3 is 0 Å². The number of benzene rings is 1. The molecule has 0 amide bonds. The van der Waals surface area contributed by atoms with Gasteiger partial charge in [0.05, 0.1) is 14.9 Å². The fraction of sp³-hybridized carbons (Fsp3) is 0. The molecule has 1 aliphatic heterocycles. The summed E-state index contributed by atoms with van der Waals surface area (Å²) >= 11 is 11.4. The molecule has 2 rings (SSSR count). The van der Waals surface area contributed by atoms with Crippen LogP contribution in [0.3, 0.4) is 0 Å². The number of rotatable bonds is 0. The Morgan fingerprint density at radius 3 is 2.38 bits per heavy atom. The first-order chi connectivity index (χ1) is 6.00. The number of hydrogen-bond donors (Lipinski definition) is 0. The van der Waals surface area contributed by atoms with Gasteiger partial charge in [0.1, 0.15) is 0 Å². The number of halogens is 2. The van der Waals surface area contributed by atoms with Crippen molar-refractivity contribution in [1.29, 1.82) is 0 Å². The molecule has 0 spiro atoms. The lowest BCUT2D eigenvalue weighted by Gasteiger charge is -2.00. The van der Waals surface area contributed by atoms with Gasteiger partial charge in [-0.05, 0) is 23.8 Å². The molecule has 0 bridgehead atoms. The van der Waals surface area contributed by atoms with E-state index in [4.69, 9.17) is 23.2 Å². The molecule has 0 atom stereocenters. The number of sulfone groups is 1. The maximum absolute atomic E-state index is 11.3. The average molecular weight is 235 g/mol. The summed E-state index contributed by atoms with van der Waals surface area (Å²) in [6, 6.07) is 2.91. The lowest BCUT2D eigenvalue weighted by Crippen LogP contribution is -1.93. The summed E-state index contributed by atoms with van der Waals surface area (Å²) < 4.78 is 22.7. The molecular formula is C8H4Cl2O2S. The molecular weight excluding hydrogens is 231 g/mol. The van der Waals surface area contributed by atoms with Crippen LogP contribution in [-0.2, 0) is 9.84 Å². The van der Waals surface area contributed by atoms with Crippen LogP contribution in [0.25, 0.3) is 6.08 Å². The minimum Gasteiger partial charge on any atom is -0.219 e. The van der Waals surface area contributed by atoms with Gasteiger partial charge in [0.15, 0.2) is 9.84 Å². The van der Waals surface area contributed by atoms with Crippen LogP contribution >= 0.6 is 23.2 Å². The first-order valence-electron chi connectivity index (χ1n) is 3.43. The van der Waals surface area contributed by atoms with Crippen molar-refractivity contribution in [1.82, 2.24) is 0 Å². The van der Waals surface area contributed by atoms with Crippen molar-refractivity contribution in [2.24, 2.45) is 0 Å². The fourth-order valence-corrected chi connectivity index (χ4v) is 2.77. The fourth-order valence-electron chi connectivity index (χ4n) is 1.16. The van der Waals surface area contributed by atoms with Crippen molar-refractivity contribution in [3.05, 3.63) is 33.1 Å². The van der Waals surface area contributed by atoms with Gasteiger partial charge in [-0.1, -0.05) is 23.2 Å². The molecule has 0 fully saturated rings. The maximum Gasteiger partial charge on any atom is 0.200 e. The molecule has 5 heteroatoms. The Labute approximate surface area is 85.7 Å². The largest absolute Gasteiger partial charge is 0.219 e. The molecule has 0 saturated heterocycles. The van der Waals surface area contributed by atoms with E-state index < -0.39 is 9.84 Å². The molecule has 0 aliphatic carbocycles. The molecule has 1 aromatic carbocycles. The minimum absolute atomic E-state index is 0.224. The average Bonchev–Trinajstić information content (AvgIpc) is 2.31. The Bertz CT molecular complexity index is 503. The quantitative estimate of drug-likeness (QED) is 0.692. The lowest BCUT2D eigenvalue weighted by molar-refractivity contribution is 0.605. The maximum atomic E-state index is 11.3. The zero-order valence-electron chi connectivity index (χ0n) is 6.29. The van der Waals surface area contributed by atoms with E-state index in [-0.39, 0.29) is 9.92 Å². The second-order valence-corrected chi connectivity index (χ2v) is 5.27. The van der Waals surface area contributed by atoms with Gasteiger partial charge in [0.2, 0.25) is 0 Å². The van der Waals surface area contributed by atoms with E-state index in [0.29, 0.717) is 10.6 Å². The summed E-state index contributed by atoms with van der Waals surface area (Å²) in [7, 11) is -3.27. The SMILES string of the molecule is O=S1(=O)C=Cc2cc(Cl)c(Cl)cc21. The van der Waals surface area contributed by atoms with Crippen molar-refractivity contribution in [3.63, 3.8) is 0 Å². The van der Waals surface area contributed by atoms with Gasteiger partial charge in [0, 0.05) is 5.41 Å². The Morgan fingerprint density at radius 1 is 1.08 bits per heavy atom. The van der Waals surface area contributed by atoms with E-state index in [1.165, 1.54) is 12.1 Å². The van der Waals surface area contributed by atoms with Gasteiger partial charge in [-0.15, -0.1) is 0 Å². The summed E-state index contributed by atoms with van der Waals surface area (Å²) in [4.78, 5) is 0.224. The summed E-state index contributed by atoms with van der Waals surface area (Å²) in [6.07, 6.45) is 1.51. The van der Waals surface area contributed by atoms with Crippen LogP contribution in [0.4, 0.5) is 0 Å². The van der Waals surface area contributed by atoms with Gasteiger partial charge in [0.25, 0.3) is 0 Å². The zero-order valence-corrected chi connectivity index (χ0v) is 8.62. The summed E-state index contributed by atoms with van der Waals surface area (Å²) in [5, 5.41) is 1.76. The molecule has 0 unspecified atom stereocenters. The molecule has 1 aliphatic rings. The van der Waals surface area contributed by atoms with Crippen LogP contribution in [0.1, 0.15) is 5.56 Å². The predicted octanol–water partition coefficient (Wildman–Crippen LogP) is 2.75. The van der Waals surface area contributed by atoms with Crippen LogP contribution in [-0.4, -0.2) is 8.42 Å². The Hall–Kier alpha value is -0.510. The van der Waals surface area contributed by atoms with Crippen LogP contribution in [0.15, 0.2) is 22.4 Å². The molecule has 2 nitrogen and oxygen atoms in total. The van der Waals surface area contributed by atoms with E-state index in [2.05, 4.69) is 0 Å². The first-order valence-corrected chi connectivity index (χ1v) is 5.73. The van der Waals surface area contributed by atoms with Crippen molar-refractivity contribution < 1.29 is 8.42 Å². The minimum atomic E-state index is -3.27. The van der Waals surface area contributed by atoms with Gasteiger partial charge in [-0.3, -0.25) is 0 Å². The van der Waals surface area contributed by atoms with E-state index in [0.717, 1.165) is 5.41 Å². The predicted molar refractivity (Wildman–Crippen MR) is 52.7 cm³/mol. The Balaban J connectivity index is 2.81. The molecule has 0 N–H and O–H groups in total. The second kappa shape index (κ2) is 2.74. The topological polar surface area (TPSA) is 34.1 Å². The first kappa shape index (κ1) is 9.06. The highest BCUT2D eigenvalue weighted by Gasteiger charge is 2.21. The molecule has 68 valence electrons. The normalized spacial score (nSPS) is 17.4. The highest BCUT2D eigenvalue weighted by atomic mass is 35.5. The van der Waals surface area contributed by atoms with Crippen molar-refractivity contribution >= 4 is 39.1 Å². The third-order valence-corrected chi connectivity index (χ3v) is 3.97. The summed E-state index contributed by atoms with van der Waals surface area (Å²) in [6.45, 7) is 0. The van der Waals surface area contributed by atoms with Gasteiger partial charge in [-0.25, -0.2) is 8.42 Å². The monoisotopic (exact) mass is 234 g/mol. The van der Waals surface area contributed by atoms with E-state index in [9.17, 15) is 8.42 Å². The molecule has 1 heterocycles. The lowest BCUT2D eigenvalue weighted by atomic mass is 10.2. The van der Waals surface area contributed by atoms with Crippen LogP contribution in [0.2, 0.25) is 10.0 Å². The number of fused-ring (bicyclic) bond motifs is 1. The summed E-state index contributed by atoms with van der Waals surface area (Å²) in [5.41, 5.74) is 0.592. The molecule has 0 saturated carbocycles. The molecule has 0 radical (unpaired) electrons. The summed E-state index contributed by atoms with van der Waals surface area (Å²) in [5.74, 6) is 0. The Kier molecular flexibility index (Phi) is 1.91. The van der Waals surface area contributed by atoms with Gasteiger partial charge >= 0.3 is 0 Å². The third kappa shape index (κ3) is 1.37. The van der Waals surface area contributed by atoms with Crippen molar-refractivity contribution in [3.8, 4) is 0 Å². The van der Waals surface area contributed by atoms with E-state index in [1.807, 2.05) is 0 Å². The zero-order chi connectivity index (χ0) is 9.64. The van der Waals surface area contributed by atoms with Crippen LogP contribution in [0, 0.1) is 0 Å². The molecule has 1 aromatic rings. The Morgan fingerprint density at radius 2 is 1.69 bits per heavy atom.